The Kier molecular flexibility index (Phi) is 7.01. The van der Waals surface area contributed by atoms with Gasteiger partial charge in [0, 0.05) is 6.54 Å². The summed E-state index contributed by atoms with van der Waals surface area (Å²) in [6.07, 6.45) is 5.52. The quantitative estimate of drug-likeness (QED) is 0.242. The summed E-state index contributed by atoms with van der Waals surface area (Å²) in [7, 11) is -3.60. The molecule has 2 N–H and O–H groups in total. The van der Waals surface area contributed by atoms with Crippen molar-refractivity contribution in [1.29, 1.82) is 0 Å². The number of nitrogens with zero attached hydrogens (tertiary/aromatic N) is 4. The van der Waals surface area contributed by atoms with Crippen LogP contribution in [0.25, 0.3) is 5.69 Å². The van der Waals surface area contributed by atoms with E-state index in [0.29, 0.717) is 30.2 Å². The van der Waals surface area contributed by atoms with Gasteiger partial charge in [-0.1, -0.05) is 0 Å². The van der Waals surface area contributed by atoms with E-state index in [1.54, 1.807) is 41.5 Å². The monoisotopic (exact) mass is 483 g/mol. The van der Waals surface area contributed by atoms with E-state index in [4.69, 9.17) is 19.2 Å². The van der Waals surface area contributed by atoms with Gasteiger partial charge in [-0.15, -0.1) is 0 Å². The molecule has 176 valence electrons. The lowest BCUT2D eigenvalue weighted by Crippen LogP contribution is -2.35. The third-order valence-corrected chi connectivity index (χ3v) is 6.92. The number of aromatic nitrogens is 3. The van der Waals surface area contributed by atoms with Gasteiger partial charge < -0.3 is 9.15 Å². The van der Waals surface area contributed by atoms with E-state index in [0.717, 1.165) is 11.3 Å². The number of furan rings is 1. The van der Waals surface area contributed by atoms with Gasteiger partial charge in [0.15, 0.2) is 0 Å². The Morgan fingerprint density at radius 3 is 2.35 bits per heavy atom. The minimum atomic E-state index is -3.60. The molecule has 4 aromatic rings. The number of hydrogen-bond acceptors (Lipinski definition) is 8. The van der Waals surface area contributed by atoms with Gasteiger partial charge in [-0.2, -0.15) is 9.40 Å². The maximum atomic E-state index is 13.0. The first kappa shape index (κ1) is 23.2. The third kappa shape index (κ3) is 5.14. The molecule has 0 fully saturated rings. The number of fused-ring (bicyclic) bond motifs is 1. The fourth-order valence-corrected chi connectivity index (χ4v) is 4.79. The smallest absolute Gasteiger partial charge is 0.243 e. The van der Waals surface area contributed by atoms with Crippen molar-refractivity contribution in [3.63, 3.8) is 0 Å². The highest BCUT2D eigenvalue weighted by molar-refractivity contribution is 7.89. The molecule has 1 aliphatic heterocycles. The Bertz CT molecular complexity index is 1320. The van der Waals surface area contributed by atoms with Gasteiger partial charge in [0.05, 0.1) is 23.4 Å². The van der Waals surface area contributed by atoms with Crippen LogP contribution in [0.4, 0.5) is 0 Å². The van der Waals surface area contributed by atoms with Gasteiger partial charge in [0.1, 0.15) is 29.9 Å². The first-order chi connectivity index (χ1) is 16.5. The zero-order chi connectivity index (χ0) is 24.0. The van der Waals surface area contributed by atoms with Crippen molar-refractivity contribution in [1.82, 2.24) is 24.5 Å². The van der Waals surface area contributed by atoms with Crippen LogP contribution in [0.1, 0.15) is 11.3 Å². The number of carbonyl (C=O) groups excluding carboxylic acids is 1. The van der Waals surface area contributed by atoms with Crippen LogP contribution in [0.3, 0.4) is 0 Å². The zero-order valence-corrected chi connectivity index (χ0v) is 18.6. The van der Waals surface area contributed by atoms with Crippen LogP contribution >= 0.6 is 0 Å². The molecule has 0 saturated carbocycles. The van der Waals surface area contributed by atoms with Crippen LogP contribution in [0.15, 0.2) is 82.8 Å². The minimum absolute atomic E-state index is 0.181. The Labute approximate surface area is 195 Å². The van der Waals surface area contributed by atoms with E-state index in [-0.39, 0.29) is 17.9 Å². The molecule has 0 bridgehead atoms. The predicted octanol–water partition coefficient (Wildman–Crippen LogP) is 2.52. The number of ether oxygens (including phenoxy) is 1. The second-order valence-electron chi connectivity index (χ2n) is 7.11. The lowest BCUT2D eigenvalue weighted by Gasteiger charge is -2.25. The van der Waals surface area contributed by atoms with Crippen LogP contribution in [0.5, 0.6) is 11.5 Å². The second-order valence-corrected chi connectivity index (χ2v) is 9.05. The number of carbonyl (C=O) groups is 1. The summed E-state index contributed by atoms with van der Waals surface area (Å²) in [5, 5.41) is 11.3. The maximum absolute atomic E-state index is 13.0. The van der Waals surface area contributed by atoms with Crippen molar-refractivity contribution < 1.29 is 27.6 Å². The molecule has 11 nitrogen and oxygen atoms in total. The molecule has 2 aromatic carbocycles. The van der Waals surface area contributed by atoms with Crippen LogP contribution in [-0.2, 0) is 27.8 Å². The van der Waals surface area contributed by atoms with Crippen molar-refractivity contribution in [2.24, 2.45) is 0 Å². The second kappa shape index (κ2) is 10.3. The normalized spacial score (nSPS) is 13.3. The van der Waals surface area contributed by atoms with Gasteiger partial charge in [-0.05, 0) is 66.6 Å². The fraction of sp³-hybridized carbons (Fsp3) is 0.136. The molecule has 1 amide bonds. The Morgan fingerprint density at radius 2 is 1.74 bits per heavy atom. The van der Waals surface area contributed by atoms with E-state index < -0.39 is 10.0 Å². The van der Waals surface area contributed by atoms with Gasteiger partial charge in [-0.3, -0.25) is 10.0 Å². The largest absolute Gasteiger partial charge is 0.468 e. The Hall–Kier alpha value is -4.00. The van der Waals surface area contributed by atoms with Crippen LogP contribution in [0.2, 0.25) is 0 Å². The van der Waals surface area contributed by atoms with E-state index in [2.05, 4.69) is 10.1 Å². The molecule has 0 unspecified atom stereocenters. The summed E-state index contributed by atoms with van der Waals surface area (Å²) in [6, 6.07) is 15.7. The summed E-state index contributed by atoms with van der Waals surface area (Å²) >= 11 is 0. The van der Waals surface area contributed by atoms with Crippen LogP contribution in [-0.4, -0.2) is 45.6 Å². The lowest BCUT2D eigenvalue weighted by molar-refractivity contribution is -0.116. The van der Waals surface area contributed by atoms with Gasteiger partial charge in [0.25, 0.3) is 0 Å². The van der Waals surface area contributed by atoms with E-state index >= 15 is 0 Å². The Balaban J connectivity index is 0.000000636. The van der Waals surface area contributed by atoms with Crippen LogP contribution in [0, 0.1) is 0 Å². The van der Waals surface area contributed by atoms with Gasteiger partial charge in [-0.25, -0.2) is 23.6 Å². The minimum Gasteiger partial charge on any atom is -0.468 e. The number of amides is 1. The highest BCUT2D eigenvalue weighted by Gasteiger charge is 2.29. The molecule has 5 rings (SSSR count). The summed E-state index contributed by atoms with van der Waals surface area (Å²) in [4.78, 5) is 13.0. The molecule has 0 aliphatic carbocycles. The van der Waals surface area contributed by atoms with Crippen molar-refractivity contribution in [3.8, 4) is 17.2 Å². The van der Waals surface area contributed by atoms with Crippen molar-refractivity contribution >= 4 is 16.4 Å². The van der Waals surface area contributed by atoms with Gasteiger partial charge in [0.2, 0.25) is 16.4 Å². The average Bonchev–Trinajstić information content (AvgIpc) is 3.57. The van der Waals surface area contributed by atoms with Crippen molar-refractivity contribution in [2.75, 3.05) is 6.54 Å². The molecule has 34 heavy (non-hydrogen) atoms. The summed E-state index contributed by atoms with van der Waals surface area (Å²) in [5.74, 6) is 1.89. The molecule has 0 saturated heterocycles. The SMILES string of the molecule is O=CNO.O=S(=O)(c1ccc(Oc2ccc(-n3cncn3)cc2)cc1)N1CCc2ccoc2C1. The molecule has 0 radical (unpaired) electrons. The highest BCUT2D eigenvalue weighted by Crippen LogP contribution is 2.28. The number of benzene rings is 2. The van der Waals surface area contributed by atoms with E-state index in [1.807, 2.05) is 30.3 Å². The molecule has 12 heteroatoms. The fourth-order valence-electron chi connectivity index (χ4n) is 3.39. The summed E-state index contributed by atoms with van der Waals surface area (Å²) in [6.45, 7) is 0.687. The van der Waals surface area contributed by atoms with E-state index in [1.165, 1.54) is 16.1 Å². The van der Waals surface area contributed by atoms with Crippen molar-refractivity contribution in [2.45, 2.75) is 17.9 Å². The average molecular weight is 484 g/mol. The number of sulfonamides is 1. The molecular formula is C22H21N5O6S. The highest BCUT2D eigenvalue weighted by atomic mass is 32.2. The maximum Gasteiger partial charge on any atom is 0.243 e. The number of nitrogens with one attached hydrogen (secondary N) is 1. The molecule has 0 spiro atoms. The summed E-state index contributed by atoms with van der Waals surface area (Å²) < 4.78 is 40.3. The van der Waals surface area contributed by atoms with E-state index in [9.17, 15) is 8.42 Å². The summed E-state index contributed by atoms with van der Waals surface area (Å²) in [5.41, 5.74) is 3.18. The molecule has 1 aliphatic rings. The zero-order valence-electron chi connectivity index (χ0n) is 17.8. The molecule has 0 atom stereocenters. The molecule has 3 heterocycles. The predicted molar refractivity (Wildman–Crippen MR) is 119 cm³/mol. The number of rotatable bonds is 6. The first-order valence-electron chi connectivity index (χ1n) is 10.1. The standard InChI is InChI=1S/C21H18N4O4S.CH3NO2/c26-30(27,24-11-9-16-10-12-28-21(16)13-24)20-7-5-19(6-8-20)29-18-3-1-17(2-4-18)25-15-22-14-23-25;3-1-2-4/h1-8,10,12,14-15H,9,11,13H2;1,4H,(H,2,3). The van der Waals surface area contributed by atoms with Gasteiger partial charge >= 0.3 is 0 Å². The number of hydroxylamine groups is 1. The third-order valence-electron chi connectivity index (χ3n) is 5.06. The Morgan fingerprint density at radius 1 is 1.06 bits per heavy atom. The van der Waals surface area contributed by atoms with Crippen molar-refractivity contribution in [3.05, 3.63) is 84.8 Å². The lowest BCUT2D eigenvalue weighted by atomic mass is 10.1. The van der Waals surface area contributed by atoms with Crippen LogP contribution < -0.4 is 10.2 Å². The first-order valence-corrected chi connectivity index (χ1v) is 11.6. The number of hydrogen-bond donors (Lipinski definition) is 2. The topological polar surface area (TPSA) is 140 Å². The molecule has 2 aromatic heterocycles. The molecular weight excluding hydrogens is 462 g/mol.